The Labute approximate surface area is 94.5 Å². The van der Waals surface area contributed by atoms with Crippen molar-refractivity contribution in [2.45, 2.75) is 6.04 Å². The van der Waals surface area contributed by atoms with Crippen LogP contribution in [0.2, 0.25) is 0 Å². The van der Waals surface area contributed by atoms with Gasteiger partial charge in [0, 0.05) is 0 Å². The van der Waals surface area contributed by atoms with E-state index in [0.29, 0.717) is 0 Å². The molecule has 2 rings (SSSR count). The highest BCUT2D eigenvalue weighted by Gasteiger charge is 2.04. The van der Waals surface area contributed by atoms with Crippen molar-refractivity contribution in [1.29, 1.82) is 0 Å². The summed E-state index contributed by atoms with van der Waals surface area (Å²) in [6, 6.07) is 13.3. The van der Waals surface area contributed by atoms with Crippen LogP contribution in [0.5, 0.6) is 0 Å². The number of hydrogen-bond donors (Lipinski definition) is 1. The fourth-order valence-electron chi connectivity index (χ4n) is 1.53. The van der Waals surface area contributed by atoms with E-state index in [0.717, 1.165) is 16.3 Å². The van der Waals surface area contributed by atoms with E-state index in [2.05, 4.69) is 0 Å². The minimum Gasteiger partial charge on any atom is -0.322 e. The molecular formula is C12H13ClFN. The van der Waals surface area contributed by atoms with Gasteiger partial charge < -0.3 is 5.73 Å². The standard InChI is InChI=1S/C12H12FN.ClH/c13-8-12(14)11-6-5-9-3-1-2-4-10(9)7-11;/h1-7,12H,8,14H2;1H/t12-;/m0./s1. The molecule has 15 heavy (non-hydrogen) atoms. The molecule has 0 unspecified atom stereocenters. The molecule has 2 aromatic carbocycles. The predicted octanol–water partition coefficient (Wildman–Crippen LogP) is 3.23. The van der Waals surface area contributed by atoms with Gasteiger partial charge in [-0.25, -0.2) is 4.39 Å². The molecule has 1 nitrogen and oxygen atoms in total. The summed E-state index contributed by atoms with van der Waals surface area (Å²) in [6.45, 7) is -0.516. The minimum absolute atomic E-state index is 0. The van der Waals surface area contributed by atoms with Crippen molar-refractivity contribution >= 4 is 23.2 Å². The fraction of sp³-hybridized carbons (Fsp3) is 0.167. The zero-order chi connectivity index (χ0) is 9.97. The molecule has 0 aliphatic carbocycles. The van der Waals surface area contributed by atoms with Crippen LogP contribution in [0, 0.1) is 0 Å². The van der Waals surface area contributed by atoms with Gasteiger partial charge in [-0.2, -0.15) is 0 Å². The van der Waals surface area contributed by atoms with Crippen LogP contribution in [0.3, 0.4) is 0 Å². The third kappa shape index (κ3) is 2.46. The van der Waals surface area contributed by atoms with E-state index in [-0.39, 0.29) is 12.4 Å². The maximum Gasteiger partial charge on any atom is 0.109 e. The Kier molecular flexibility index (Phi) is 4.06. The van der Waals surface area contributed by atoms with Crippen molar-refractivity contribution in [3.05, 3.63) is 48.0 Å². The van der Waals surface area contributed by atoms with Crippen LogP contribution in [-0.4, -0.2) is 6.67 Å². The molecule has 0 bridgehead atoms. The van der Waals surface area contributed by atoms with Gasteiger partial charge in [-0.15, -0.1) is 12.4 Å². The minimum atomic E-state index is -0.516. The lowest BCUT2D eigenvalue weighted by Gasteiger charge is -2.08. The van der Waals surface area contributed by atoms with Crippen LogP contribution in [-0.2, 0) is 0 Å². The number of fused-ring (bicyclic) bond motifs is 1. The van der Waals surface area contributed by atoms with Gasteiger partial charge in [0.05, 0.1) is 6.04 Å². The van der Waals surface area contributed by atoms with Gasteiger partial charge in [0.15, 0.2) is 0 Å². The first-order chi connectivity index (χ1) is 6.81. The Morgan fingerprint density at radius 3 is 2.40 bits per heavy atom. The van der Waals surface area contributed by atoms with Crippen LogP contribution in [0.15, 0.2) is 42.5 Å². The molecule has 2 N–H and O–H groups in total. The topological polar surface area (TPSA) is 26.0 Å². The molecule has 0 radical (unpaired) electrons. The summed E-state index contributed by atoms with van der Waals surface area (Å²) in [7, 11) is 0. The van der Waals surface area contributed by atoms with Gasteiger partial charge in [0.25, 0.3) is 0 Å². The Balaban J connectivity index is 0.00000112. The van der Waals surface area contributed by atoms with Crippen LogP contribution < -0.4 is 5.73 Å². The summed E-state index contributed by atoms with van der Waals surface area (Å²) in [5.41, 5.74) is 6.46. The maximum absolute atomic E-state index is 12.3. The molecule has 3 heteroatoms. The van der Waals surface area contributed by atoms with E-state index in [1.807, 2.05) is 42.5 Å². The fourth-order valence-corrected chi connectivity index (χ4v) is 1.53. The largest absolute Gasteiger partial charge is 0.322 e. The Hall–Kier alpha value is -1.12. The van der Waals surface area contributed by atoms with Crippen molar-refractivity contribution in [1.82, 2.24) is 0 Å². The molecule has 0 aromatic heterocycles. The van der Waals surface area contributed by atoms with Gasteiger partial charge in [0.2, 0.25) is 0 Å². The van der Waals surface area contributed by atoms with Crippen LogP contribution in [0.25, 0.3) is 10.8 Å². The van der Waals surface area contributed by atoms with Crippen LogP contribution in [0.4, 0.5) is 4.39 Å². The van der Waals surface area contributed by atoms with Crippen molar-refractivity contribution in [3.63, 3.8) is 0 Å². The zero-order valence-corrected chi connectivity index (χ0v) is 9.01. The quantitative estimate of drug-likeness (QED) is 0.835. The molecule has 0 spiro atoms. The molecule has 0 heterocycles. The number of alkyl halides is 1. The van der Waals surface area contributed by atoms with E-state index in [1.165, 1.54) is 0 Å². The normalized spacial score (nSPS) is 12.1. The number of halogens is 2. The average Bonchev–Trinajstić information content (AvgIpc) is 2.27. The first-order valence-corrected chi connectivity index (χ1v) is 4.61. The van der Waals surface area contributed by atoms with Crippen LogP contribution >= 0.6 is 12.4 Å². The van der Waals surface area contributed by atoms with Crippen LogP contribution in [0.1, 0.15) is 11.6 Å². The second kappa shape index (κ2) is 5.10. The molecule has 1 atom stereocenters. The van der Waals surface area contributed by atoms with Gasteiger partial charge in [-0.05, 0) is 22.4 Å². The molecule has 0 amide bonds. The highest BCUT2D eigenvalue weighted by Crippen LogP contribution is 2.19. The Bertz CT molecular complexity index is 444. The first kappa shape index (κ1) is 12.0. The van der Waals surface area contributed by atoms with E-state index >= 15 is 0 Å². The average molecular weight is 226 g/mol. The molecule has 2 aromatic rings. The molecule has 0 saturated heterocycles. The van der Waals surface area contributed by atoms with E-state index in [9.17, 15) is 4.39 Å². The third-order valence-corrected chi connectivity index (χ3v) is 2.37. The highest BCUT2D eigenvalue weighted by atomic mass is 35.5. The summed E-state index contributed by atoms with van der Waals surface area (Å²) in [5, 5.41) is 2.26. The number of hydrogen-bond acceptors (Lipinski definition) is 1. The van der Waals surface area contributed by atoms with Gasteiger partial charge in [-0.3, -0.25) is 0 Å². The second-order valence-corrected chi connectivity index (χ2v) is 3.37. The number of nitrogens with two attached hydrogens (primary N) is 1. The maximum atomic E-state index is 12.3. The smallest absolute Gasteiger partial charge is 0.109 e. The molecule has 0 fully saturated rings. The summed E-state index contributed by atoms with van der Waals surface area (Å²) < 4.78 is 12.3. The monoisotopic (exact) mass is 225 g/mol. The summed E-state index contributed by atoms with van der Waals surface area (Å²) in [5.74, 6) is 0. The van der Waals surface area contributed by atoms with Gasteiger partial charge in [0.1, 0.15) is 6.67 Å². The van der Waals surface area contributed by atoms with Crippen molar-refractivity contribution in [2.75, 3.05) is 6.67 Å². The molecular weight excluding hydrogens is 213 g/mol. The highest BCUT2D eigenvalue weighted by molar-refractivity contribution is 5.85. The number of benzene rings is 2. The lowest BCUT2D eigenvalue weighted by atomic mass is 10.0. The Morgan fingerprint density at radius 2 is 1.73 bits per heavy atom. The Morgan fingerprint density at radius 1 is 1.07 bits per heavy atom. The number of rotatable bonds is 2. The van der Waals surface area contributed by atoms with Crippen molar-refractivity contribution in [3.8, 4) is 0 Å². The van der Waals surface area contributed by atoms with Crippen molar-refractivity contribution in [2.24, 2.45) is 5.73 Å². The molecule has 0 saturated carbocycles. The lowest BCUT2D eigenvalue weighted by Crippen LogP contribution is -2.11. The van der Waals surface area contributed by atoms with E-state index in [1.54, 1.807) is 0 Å². The molecule has 0 aliphatic heterocycles. The zero-order valence-electron chi connectivity index (χ0n) is 8.19. The summed E-state index contributed by atoms with van der Waals surface area (Å²) in [4.78, 5) is 0. The lowest BCUT2D eigenvalue weighted by molar-refractivity contribution is 0.437. The third-order valence-electron chi connectivity index (χ3n) is 2.37. The molecule has 0 aliphatic rings. The summed E-state index contributed by atoms with van der Waals surface area (Å²) >= 11 is 0. The van der Waals surface area contributed by atoms with Gasteiger partial charge in [-0.1, -0.05) is 36.4 Å². The van der Waals surface area contributed by atoms with E-state index < -0.39 is 12.7 Å². The molecule has 80 valence electrons. The second-order valence-electron chi connectivity index (χ2n) is 3.37. The summed E-state index contributed by atoms with van der Waals surface area (Å²) in [6.07, 6.45) is 0. The SMILES string of the molecule is Cl.N[C@@H](CF)c1ccc2ccccc2c1. The first-order valence-electron chi connectivity index (χ1n) is 4.61. The predicted molar refractivity (Wildman–Crippen MR) is 64.1 cm³/mol. The van der Waals surface area contributed by atoms with E-state index in [4.69, 9.17) is 5.73 Å². The van der Waals surface area contributed by atoms with Gasteiger partial charge >= 0.3 is 0 Å². The van der Waals surface area contributed by atoms with Crippen molar-refractivity contribution < 1.29 is 4.39 Å².